The molecule has 1 aromatic carbocycles. The summed E-state index contributed by atoms with van der Waals surface area (Å²) in [4.78, 5) is 9.65. The first-order valence-electron chi connectivity index (χ1n) is 12.3. The van der Waals surface area contributed by atoms with Crippen molar-refractivity contribution >= 4 is 5.82 Å². The number of pyridine rings is 1. The van der Waals surface area contributed by atoms with Crippen molar-refractivity contribution in [2.24, 2.45) is 0 Å². The quantitative estimate of drug-likeness (QED) is 0.694. The predicted molar refractivity (Wildman–Crippen MR) is 131 cm³/mol. The van der Waals surface area contributed by atoms with Gasteiger partial charge in [0.2, 0.25) is 0 Å². The monoisotopic (exact) mass is 468 g/mol. The third-order valence-electron chi connectivity index (χ3n) is 6.85. The van der Waals surface area contributed by atoms with Gasteiger partial charge in [-0.2, -0.15) is 0 Å². The van der Waals surface area contributed by atoms with Crippen molar-refractivity contribution in [3.63, 3.8) is 0 Å². The number of ether oxygens (including phenoxy) is 4. The molecule has 1 N–H and O–H groups in total. The lowest BCUT2D eigenvalue weighted by Crippen LogP contribution is -2.49. The Balaban J connectivity index is 1.40. The van der Waals surface area contributed by atoms with Gasteiger partial charge in [-0.15, -0.1) is 0 Å². The summed E-state index contributed by atoms with van der Waals surface area (Å²) in [5.74, 6) is 2.69. The van der Waals surface area contributed by atoms with Crippen molar-refractivity contribution in [2.75, 3.05) is 64.6 Å². The normalized spacial score (nSPS) is 23.6. The minimum absolute atomic E-state index is 0.138. The maximum Gasteiger partial charge on any atom is 0.171 e. The SMILES string of the molecule is COc1c(N2CCOCC2)ncc2c1COC[C@H]2N1CCN[C@H](c2ccccc2OC(C)C)C1. The minimum Gasteiger partial charge on any atom is -0.492 e. The van der Waals surface area contributed by atoms with Gasteiger partial charge >= 0.3 is 0 Å². The van der Waals surface area contributed by atoms with E-state index < -0.39 is 0 Å². The van der Waals surface area contributed by atoms with E-state index in [2.05, 4.69) is 47.2 Å². The van der Waals surface area contributed by atoms with Crippen LogP contribution in [-0.4, -0.2) is 75.6 Å². The second kappa shape index (κ2) is 10.5. The fourth-order valence-electron chi connectivity index (χ4n) is 5.24. The van der Waals surface area contributed by atoms with Gasteiger partial charge in [-0.05, 0) is 25.5 Å². The molecular weight excluding hydrogens is 432 g/mol. The highest BCUT2D eigenvalue weighted by Crippen LogP contribution is 2.40. The van der Waals surface area contributed by atoms with Crippen molar-refractivity contribution in [1.29, 1.82) is 0 Å². The molecule has 0 spiro atoms. The summed E-state index contributed by atoms with van der Waals surface area (Å²) in [6, 6.07) is 8.70. The van der Waals surface area contributed by atoms with Crippen LogP contribution in [0.4, 0.5) is 5.82 Å². The lowest BCUT2D eigenvalue weighted by molar-refractivity contribution is 0.0191. The molecule has 0 saturated carbocycles. The first-order chi connectivity index (χ1) is 16.7. The third-order valence-corrected chi connectivity index (χ3v) is 6.85. The molecule has 2 aromatic rings. The van der Waals surface area contributed by atoms with Crippen molar-refractivity contribution in [3.05, 3.63) is 47.2 Å². The maximum atomic E-state index is 6.13. The van der Waals surface area contributed by atoms with Gasteiger partial charge < -0.3 is 29.2 Å². The number of fused-ring (bicyclic) bond motifs is 1. The Bertz CT molecular complexity index is 979. The zero-order valence-corrected chi connectivity index (χ0v) is 20.5. The zero-order valence-electron chi connectivity index (χ0n) is 20.5. The molecule has 3 aliphatic rings. The molecule has 4 heterocycles. The lowest BCUT2D eigenvalue weighted by atomic mass is 9.96. The third kappa shape index (κ3) is 4.73. The number of rotatable bonds is 6. The molecule has 1 aromatic heterocycles. The number of aromatic nitrogens is 1. The van der Waals surface area contributed by atoms with E-state index in [0.717, 1.165) is 55.6 Å². The van der Waals surface area contributed by atoms with Gasteiger partial charge in [0.15, 0.2) is 11.6 Å². The molecule has 8 nitrogen and oxygen atoms in total. The Morgan fingerprint density at radius 2 is 1.91 bits per heavy atom. The van der Waals surface area contributed by atoms with Crippen LogP contribution < -0.4 is 19.7 Å². The fraction of sp³-hybridized carbons (Fsp3) is 0.577. The summed E-state index contributed by atoms with van der Waals surface area (Å²) in [5, 5.41) is 3.70. The summed E-state index contributed by atoms with van der Waals surface area (Å²) in [5.41, 5.74) is 3.54. The number of methoxy groups -OCH3 is 1. The van der Waals surface area contributed by atoms with E-state index in [1.165, 1.54) is 11.1 Å². The highest BCUT2D eigenvalue weighted by Gasteiger charge is 2.34. The molecule has 0 radical (unpaired) electrons. The van der Waals surface area contributed by atoms with Crippen LogP contribution in [0.25, 0.3) is 0 Å². The van der Waals surface area contributed by atoms with Gasteiger partial charge in [0.1, 0.15) is 5.75 Å². The first-order valence-corrected chi connectivity index (χ1v) is 12.3. The van der Waals surface area contributed by atoms with Gasteiger partial charge in [0, 0.05) is 56.1 Å². The number of nitrogens with zero attached hydrogens (tertiary/aromatic N) is 3. The summed E-state index contributed by atoms with van der Waals surface area (Å²) in [6.07, 6.45) is 2.18. The molecular formula is C26H36N4O4. The molecule has 5 rings (SSSR count). The molecule has 0 aliphatic carbocycles. The highest BCUT2D eigenvalue weighted by molar-refractivity contribution is 5.59. The topological polar surface area (TPSA) is 68.3 Å². The average Bonchev–Trinajstić information content (AvgIpc) is 2.88. The number of hydrogen-bond acceptors (Lipinski definition) is 8. The molecule has 34 heavy (non-hydrogen) atoms. The Labute approximate surface area is 202 Å². The van der Waals surface area contributed by atoms with E-state index in [1.807, 2.05) is 12.3 Å². The number of anilines is 1. The molecule has 0 amide bonds. The van der Waals surface area contributed by atoms with E-state index >= 15 is 0 Å². The van der Waals surface area contributed by atoms with Gasteiger partial charge in [-0.25, -0.2) is 4.98 Å². The van der Waals surface area contributed by atoms with Crippen LogP contribution in [0.15, 0.2) is 30.5 Å². The van der Waals surface area contributed by atoms with E-state index in [-0.39, 0.29) is 18.2 Å². The Kier molecular flexibility index (Phi) is 7.20. The number of para-hydroxylation sites is 1. The summed E-state index contributed by atoms with van der Waals surface area (Å²) in [6.45, 7) is 11.1. The second-order valence-corrected chi connectivity index (χ2v) is 9.39. The second-order valence-electron chi connectivity index (χ2n) is 9.39. The zero-order chi connectivity index (χ0) is 23.5. The molecule has 0 unspecified atom stereocenters. The van der Waals surface area contributed by atoms with Crippen molar-refractivity contribution in [2.45, 2.75) is 38.6 Å². The van der Waals surface area contributed by atoms with Crippen LogP contribution in [0.1, 0.15) is 42.6 Å². The van der Waals surface area contributed by atoms with Crippen molar-refractivity contribution in [1.82, 2.24) is 15.2 Å². The minimum atomic E-state index is 0.138. The van der Waals surface area contributed by atoms with Gasteiger partial charge in [0.25, 0.3) is 0 Å². The number of piperazine rings is 1. The fourth-order valence-corrected chi connectivity index (χ4v) is 5.24. The van der Waals surface area contributed by atoms with Crippen LogP contribution >= 0.6 is 0 Å². The molecule has 2 atom stereocenters. The molecule has 2 fully saturated rings. The van der Waals surface area contributed by atoms with Gasteiger partial charge in [0.05, 0.1) is 45.7 Å². The van der Waals surface area contributed by atoms with Crippen LogP contribution in [-0.2, 0) is 16.1 Å². The number of hydrogen-bond donors (Lipinski definition) is 1. The van der Waals surface area contributed by atoms with Crippen LogP contribution in [0.5, 0.6) is 11.5 Å². The number of morpholine rings is 1. The number of nitrogens with one attached hydrogen (secondary N) is 1. The Hall–Kier alpha value is -2.39. The smallest absolute Gasteiger partial charge is 0.171 e. The van der Waals surface area contributed by atoms with E-state index in [9.17, 15) is 0 Å². The molecule has 2 saturated heterocycles. The van der Waals surface area contributed by atoms with Gasteiger partial charge in [-0.1, -0.05) is 18.2 Å². The molecule has 184 valence electrons. The van der Waals surface area contributed by atoms with E-state index in [0.29, 0.717) is 26.4 Å². The van der Waals surface area contributed by atoms with Crippen molar-refractivity contribution < 1.29 is 18.9 Å². The molecule has 0 bridgehead atoms. The molecule has 8 heteroatoms. The van der Waals surface area contributed by atoms with E-state index in [1.54, 1.807) is 7.11 Å². The highest BCUT2D eigenvalue weighted by atomic mass is 16.5. The summed E-state index contributed by atoms with van der Waals surface area (Å²) < 4.78 is 23.7. The van der Waals surface area contributed by atoms with Crippen LogP contribution in [0.2, 0.25) is 0 Å². The standard InChI is InChI=1S/C26H36N4O4/c1-18(2)34-24-7-5-4-6-19(24)22-15-30(9-8-27-22)23-17-33-16-21-20(23)14-28-26(25(21)31-3)29-10-12-32-13-11-29/h4-7,14,18,22-23,27H,8-13,15-17H2,1-3H3/t22-,23+/m0/s1. The Morgan fingerprint density at radius 3 is 2.71 bits per heavy atom. The Morgan fingerprint density at radius 1 is 1.09 bits per heavy atom. The molecule has 3 aliphatic heterocycles. The van der Waals surface area contributed by atoms with Crippen LogP contribution in [0, 0.1) is 0 Å². The lowest BCUT2D eigenvalue weighted by Gasteiger charge is -2.42. The van der Waals surface area contributed by atoms with Crippen molar-refractivity contribution in [3.8, 4) is 11.5 Å². The average molecular weight is 469 g/mol. The van der Waals surface area contributed by atoms with E-state index in [4.69, 9.17) is 23.9 Å². The van der Waals surface area contributed by atoms with Crippen LogP contribution in [0.3, 0.4) is 0 Å². The largest absolute Gasteiger partial charge is 0.492 e. The van der Waals surface area contributed by atoms with Gasteiger partial charge in [-0.3, -0.25) is 4.90 Å². The predicted octanol–water partition coefficient (Wildman–Crippen LogP) is 2.93. The summed E-state index contributed by atoms with van der Waals surface area (Å²) in [7, 11) is 1.73. The number of benzene rings is 1. The summed E-state index contributed by atoms with van der Waals surface area (Å²) >= 11 is 0. The maximum absolute atomic E-state index is 6.13. The first kappa shape index (κ1) is 23.4.